The Balaban J connectivity index is 2.16. The Morgan fingerprint density at radius 1 is 1.11 bits per heavy atom. The minimum Gasteiger partial charge on any atom is -0.325 e. The third-order valence-corrected chi connectivity index (χ3v) is 5.21. The van der Waals surface area contributed by atoms with Gasteiger partial charge in [-0.05, 0) is 36.7 Å². The molecule has 2 rings (SSSR count). The lowest BCUT2D eigenvalue weighted by Crippen LogP contribution is -2.52. The quantitative estimate of drug-likeness (QED) is 0.824. The fourth-order valence-corrected chi connectivity index (χ4v) is 3.95. The van der Waals surface area contributed by atoms with Crippen LogP contribution in [0.5, 0.6) is 0 Å². The van der Waals surface area contributed by atoms with Gasteiger partial charge in [0.05, 0.1) is 0 Å². The van der Waals surface area contributed by atoms with Crippen molar-refractivity contribution in [2.45, 2.75) is 64.3 Å². The highest BCUT2D eigenvalue weighted by Crippen LogP contribution is 2.40. The zero-order valence-electron chi connectivity index (χ0n) is 12.6. The van der Waals surface area contributed by atoms with Gasteiger partial charge in [0.15, 0.2) is 0 Å². The number of hydrogen-bond acceptors (Lipinski definition) is 1. The summed E-state index contributed by atoms with van der Waals surface area (Å²) in [5.74, 6) is 1.54. The molecule has 1 aliphatic rings. The number of hydrogen-bond donors (Lipinski definition) is 1. The molecule has 3 atom stereocenters. The van der Waals surface area contributed by atoms with Crippen molar-refractivity contribution in [1.29, 1.82) is 0 Å². The first kappa shape index (κ1) is 14.6. The van der Waals surface area contributed by atoms with Crippen molar-refractivity contribution in [1.82, 2.24) is 0 Å². The summed E-state index contributed by atoms with van der Waals surface area (Å²) >= 11 is 0. The smallest absolute Gasteiger partial charge is 0.0223 e. The van der Waals surface area contributed by atoms with E-state index in [0.29, 0.717) is 5.92 Å². The second-order valence-corrected chi connectivity index (χ2v) is 6.31. The molecule has 1 fully saturated rings. The first-order chi connectivity index (χ1) is 9.19. The van der Waals surface area contributed by atoms with Crippen molar-refractivity contribution >= 4 is 0 Å². The highest BCUT2D eigenvalue weighted by Gasteiger charge is 2.38. The molecule has 106 valence electrons. The van der Waals surface area contributed by atoms with Crippen molar-refractivity contribution in [2.75, 3.05) is 0 Å². The minimum atomic E-state index is -0.0115. The molecule has 2 N–H and O–H groups in total. The fourth-order valence-electron chi connectivity index (χ4n) is 3.95. The molecular weight excluding hydrogens is 230 g/mol. The molecule has 1 saturated carbocycles. The third-order valence-electron chi connectivity index (χ3n) is 5.21. The van der Waals surface area contributed by atoms with E-state index in [0.717, 1.165) is 18.8 Å². The van der Waals surface area contributed by atoms with E-state index in [1.165, 1.54) is 37.7 Å². The summed E-state index contributed by atoms with van der Waals surface area (Å²) in [7, 11) is 0. The number of rotatable bonds is 5. The summed E-state index contributed by atoms with van der Waals surface area (Å²) in [6, 6.07) is 10.8. The highest BCUT2D eigenvalue weighted by molar-refractivity contribution is 5.18. The molecule has 19 heavy (non-hydrogen) atoms. The molecule has 0 saturated heterocycles. The predicted molar refractivity (Wildman–Crippen MR) is 83.1 cm³/mol. The molecule has 1 aromatic carbocycles. The van der Waals surface area contributed by atoms with Gasteiger partial charge in [-0.2, -0.15) is 0 Å². The average molecular weight is 259 g/mol. The lowest BCUT2D eigenvalue weighted by molar-refractivity contribution is 0.122. The first-order valence-electron chi connectivity index (χ1n) is 8.02. The van der Waals surface area contributed by atoms with Crippen LogP contribution >= 0.6 is 0 Å². The van der Waals surface area contributed by atoms with Crippen molar-refractivity contribution in [2.24, 2.45) is 17.6 Å². The molecule has 0 radical (unpaired) electrons. The van der Waals surface area contributed by atoms with E-state index < -0.39 is 0 Å². The van der Waals surface area contributed by atoms with Crippen LogP contribution in [0.3, 0.4) is 0 Å². The van der Waals surface area contributed by atoms with Gasteiger partial charge < -0.3 is 5.73 Å². The van der Waals surface area contributed by atoms with Crippen LogP contribution in [0.25, 0.3) is 0 Å². The van der Waals surface area contributed by atoms with Crippen LogP contribution in [-0.2, 0) is 6.42 Å². The average Bonchev–Trinajstić information content (AvgIpc) is 2.48. The summed E-state index contributed by atoms with van der Waals surface area (Å²) in [5.41, 5.74) is 8.25. The number of benzene rings is 1. The van der Waals surface area contributed by atoms with Gasteiger partial charge in [-0.15, -0.1) is 0 Å². The predicted octanol–water partition coefficient (Wildman–Crippen LogP) is 4.55. The molecule has 1 aromatic rings. The summed E-state index contributed by atoms with van der Waals surface area (Å²) < 4.78 is 0. The van der Waals surface area contributed by atoms with Crippen molar-refractivity contribution in [3.63, 3.8) is 0 Å². The monoisotopic (exact) mass is 259 g/mol. The Morgan fingerprint density at radius 2 is 1.79 bits per heavy atom. The second-order valence-electron chi connectivity index (χ2n) is 6.31. The molecule has 0 bridgehead atoms. The summed E-state index contributed by atoms with van der Waals surface area (Å²) in [5, 5.41) is 0. The van der Waals surface area contributed by atoms with Crippen LogP contribution in [0.2, 0.25) is 0 Å². The van der Waals surface area contributed by atoms with E-state index in [-0.39, 0.29) is 5.54 Å². The van der Waals surface area contributed by atoms with Gasteiger partial charge in [-0.25, -0.2) is 0 Å². The summed E-state index contributed by atoms with van der Waals surface area (Å²) in [6.07, 6.45) is 8.90. The van der Waals surface area contributed by atoms with Crippen LogP contribution in [0.4, 0.5) is 0 Å². The molecule has 0 heterocycles. The third kappa shape index (κ3) is 3.39. The van der Waals surface area contributed by atoms with E-state index in [2.05, 4.69) is 44.2 Å². The van der Waals surface area contributed by atoms with Gasteiger partial charge in [0.25, 0.3) is 0 Å². The largest absolute Gasteiger partial charge is 0.325 e. The maximum Gasteiger partial charge on any atom is 0.0223 e. The standard InChI is InChI=1S/C18H29N/c1-3-16-12-8-9-13-17(16)18(19,4-2)14-15-10-6-5-7-11-15/h5-7,10-11,16-17H,3-4,8-9,12-14,19H2,1-2H3. The molecule has 0 amide bonds. The van der Waals surface area contributed by atoms with E-state index in [9.17, 15) is 0 Å². The molecule has 0 spiro atoms. The van der Waals surface area contributed by atoms with E-state index in [4.69, 9.17) is 5.73 Å². The van der Waals surface area contributed by atoms with Gasteiger partial charge in [0.1, 0.15) is 0 Å². The van der Waals surface area contributed by atoms with E-state index in [1.807, 2.05) is 0 Å². The molecule has 0 aromatic heterocycles. The zero-order valence-corrected chi connectivity index (χ0v) is 12.6. The number of nitrogens with two attached hydrogens (primary N) is 1. The van der Waals surface area contributed by atoms with E-state index >= 15 is 0 Å². The highest BCUT2D eigenvalue weighted by atomic mass is 14.8. The van der Waals surface area contributed by atoms with E-state index in [1.54, 1.807) is 0 Å². The molecule has 1 aliphatic carbocycles. The SMILES string of the molecule is CCC1CCCCC1C(N)(CC)Cc1ccccc1. The molecule has 1 nitrogen and oxygen atoms in total. The Labute approximate surface area is 118 Å². The maximum atomic E-state index is 6.87. The Kier molecular flexibility index (Phi) is 5.04. The van der Waals surface area contributed by atoms with Crippen molar-refractivity contribution in [3.8, 4) is 0 Å². The Morgan fingerprint density at radius 3 is 2.42 bits per heavy atom. The Bertz CT molecular complexity index is 373. The molecule has 0 aliphatic heterocycles. The zero-order chi connectivity index (χ0) is 13.7. The fraction of sp³-hybridized carbons (Fsp3) is 0.667. The van der Waals surface area contributed by atoms with Crippen molar-refractivity contribution in [3.05, 3.63) is 35.9 Å². The van der Waals surface area contributed by atoms with Gasteiger partial charge in [-0.3, -0.25) is 0 Å². The van der Waals surface area contributed by atoms with Gasteiger partial charge in [0.2, 0.25) is 0 Å². The summed E-state index contributed by atoms with van der Waals surface area (Å²) in [6.45, 7) is 4.60. The van der Waals surface area contributed by atoms with Gasteiger partial charge in [0, 0.05) is 5.54 Å². The van der Waals surface area contributed by atoms with Crippen LogP contribution in [0.15, 0.2) is 30.3 Å². The Hall–Kier alpha value is -0.820. The summed E-state index contributed by atoms with van der Waals surface area (Å²) in [4.78, 5) is 0. The lowest BCUT2D eigenvalue weighted by atomic mass is 9.65. The van der Waals surface area contributed by atoms with Crippen molar-refractivity contribution < 1.29 is 0 Å². The first-order valence-corrected chi connectivity index (χ1v) is 8.02. The second kappa shape index (κ2) is 6.56. The lowest BCUT2D eigenvalue weighted by Gasteiger charge is -2.44. The van der Waals surface area contributed by atoms with Crippen LogP contribution < -0.4 is 5.73 Å². The van der Waals surface area contributed by atoms with Crippen LogP contribution in [0, 0.1) is 11.8 Å². The molecule has 3 unspecified atom stereocenters. The topological polar surface area (TPSA) is 26.0 Å². The maximum absolute atomic E-state index is 6.87. The van der Waals surface area contributed by atoms with Crippen LogP contribution in [-0.4, -0.2) is 5.54 Å². The van der Waals surface area contributed by atoms with Gasteiger partial charge in [-0.1, -0.05) is 69.9 Å². The molecule has 1 heteroatoms. The normalized spacial score (nSPS) is 26.9. The van der Waals surface area contributed by atoms with Gasteiger partial charge >= 0.3 is 0 Å². The minimum absolute atomic E-state index is 0.0115. The van der Waals surface area contributed by atoms with Crippen LogP contribution in [0.1, 0.15) is 57.9 Å². The molecular formula is C18H29N.